The van der Waals surface area contributed by atoms with Crippen LogP contribution in [0.15, 0.2) is 29.3 Å². The van der Waals surface area contributed by atoms with E-state index in [1.54, 1.807) is 0 Å². The lowest BCUT2D eigenvalue weighted by molar-refractivity contribution is -0.114. The van der Waals surface area contributed by atoms with Gasteiger partial charge in [-0.1, -0.05) is 26.0 Å². The highest BCUT2D eigenvalue weighted by molar-refractivity contribution is 5.88. The highest BCUT2D eigenvalue weighted by Crippen LogP contribution is 2.20. The second-order valence-electron chi connectivity index (χ2n) is 6.95. The fraction of sp³-hybridized carbons (Fsp3) is 0.579. The van der Waals surface area contributed by atoms with E-state index >= 15 is 0 Å². The van der Waals surface area contributed by atoms with Gasteiger partial charge >= 0.3 is 0 Å². The van der Waals surface area contributed by atoms with Crippen LogP contribution in [0.5, 0.6) is 0 Å². The summed E-state index contributed by atoms with van der Waals surface area (Å²) in [5.74, 6) is 2.39. The molecule has 1 heterocycles. The molecule has 0 bridgehead atoms. The molecule has 0 radical (unpaired) electrons. The molecule has 0 aliphatic carbocycles. The quantitative estimate of drug-likeness (QED) is 0.659. The number of piperidine rings is 1. The number of hydrogen-bond donors (Lipinski definition) is 2. The minimum atomic E-state index is -0.0433. The molecule has 1 aromatic rings. The molecular weight excluding hydrogens is 300 g/mol. The zero-order valence-electron chi connectivity index (χ0n) is 15.3. The number of likely N-dealkylation sites (tertiary alicyclic amines) is 1. The zero-order valence-corrected chi connectivity index (χ0v) is 15.3. The van der Waals surface area contributed by atoms with Crippen LogP contribution >= 0.6 is 0 Å². The van der Waals surface area contributed by atoms with Gasteiger partial charge < -0.3 is 15.5 Å². The number of benzene rings is 1. The second kappa shape index (κ2) is 8.71. The lowest BCUT2D eigenvalue weighted by Crippen LogP contribution is -2.48. The SMILES string of the molecule is CN=C(NCCc1ccc(NC(C)=O)cc1)N1CC(C)CC(C)C1. The molecule has 1 aromatic carbocycles. The lowest BCUT2D eigenvalue weighted by Gasteiger charge is -2.37. The molecule has 1 fully saturated rings. The Kier molecular flexibility index (Phi) is 6.64. The van der Waals surface area contributed by atoms with E-state index in [4.69, 9.17) is 0 Å². The first-order valence-electron chi connectivity index (χ1n) is 8.80. The van der Waals surface area contributed by atoms with Crippen molar-refractivity contribution >= 4 is 17.6 Å². The summed E-state index contributed by atoms with van der Waals surface area (Å²) in [5.41, 5.74) is 2.08. The number of aliphatic imine (C=N–C) groups is 1. The standard InChI is InChI=1S/C19H30N4O/c1-14-11-15(2)13-23(12-14)19(20-4)21-10-9-17-5-7-18(8-6-17)22-16(3)24/h5-8,14-15H,9-13H2,1-4H3,(H,20,21)(H,22,24). The van der Waals surface area contributed by atoms with Crippen LogP contribution in [0.25, 0.3) is 0 Å². The second-order valence-corrected chi connectivity index (χ2v) is 6.95. The summed E-state index contributed by atoms with van der Waals surface area (Å²) in [6.45, 7) is 9.15. The maximum atomic E-state index is 11.0. The molecule has 0 aromatic heterocycles. The zero-order chi connectivity index (χ0) is 17.5. The van der Waals surface area contributed by atoms with Crippen molar-refractivity contribution in [1.82, 2.24) is 10.2 Å². The summed E-state index contributed by atoms with van der Waals surface area (Å²) in [6.07, 6.45) is 2.23. The van der Waals surface area contributed by atoms with Crippen molar-refractivity contribution in [3.05, 3.63) is 29.8 Å². The number of hydrogen-bond acceptors (Lipinski definition) is 2. The van der Waals surface area contributed by atoms with E-state index in [1.165, 1.54) is 18.9 Å². The lowest BCUT2D eigenvalue weighted by atomic mass is 9.92. The normalized spacial score (nSPS) is 21.5. The Labute approximate surface area is 145 Å². The van der Waals surface area contributed by atoms with E-state index < -0.39 is 0 Å². The van der Waals surface area contributed by atoms with Crippen molar-refractivity contribution < 1.29 is 4.79 Å². The van der Waals surface area contributed by atoms with E-state index in [9.17, 15) is 4.79 Å². The summed E-state index contributed by atoms with van der Waals surface area (Å²) in [7, 11) is 1.86. The molecule has 2 unspecified atom stereocenters. The van der Waals surface area contributed by atoms with Gasteiger partial charge in [-0.15, -0.1) is 0 Å². The average Bonchev–Trinajstić information content (AvgIpc) is 2.51. The molecule has 1 saturated heterocycles. The Morgan fingerprint density at radius 1 is 1.21 bits per heavy atom. The Hall–Kier alpha value is -2.04. The van der Waals surface area contributed by atoms with Crippen LogP contribution in [0.4, 0.5) is 5.69 Å². The van der Waals surface area contributed by atoms with Gasteiger partial charge in [-0.3, -0.25) is 9.79 Å². The van der Waals surface area contributed by atoms with Crippen LogP contribution in [0.2, 0.25) is 0 Å². The van der Waals surface area contributed by atoms with E-state index in [-0.39, 0.29) is 5.91 Å². The number of carbonyl (C=O) groups is 1. The third-order valence-electron chi connectivity index (χ3n) is 4.35. The molecule has 2 atom stereocenters. The van der Waals surface area contributed by atoms with Crippen LogP contribution in [-0.2, 0) is 11.2 Å². The molecule has 2 rings (SSSR count). The number of nitrogens with zero attached hydrogens (tertiary/aromatic N) is 2. The van der Waals surface area contributed by atoms with E-state index in [2.05, 4.69) is 46.5 Å². The Morgan fingerprint density at radius 3 is 2.38 bits per heavy atom. The summed E-state index contributed by atoms with van der Waals surface area (Å²) in [4.78, 5) is 17.9. The average molecular weight is 330 g/mol. The Balaban J connectivity index is 1.82. The highest BCUT2D eigenvalue weighted by Gasteiger charge is 2.23. The summed E-state index contributed by atoms with van der Waals surface area (Å²) in [5, 5.41) is 6.27. The molecule has 132 valence electrons. The van der Waals surface area contributed by atoms with E-state index in [0.29, 0.717) is 11.8 Å². The van der Waals surface area contributed by atoms with Gasteiger partial charge in [-0.25, -0.2) is 0 Å². The third-order valence-corrected chi connectivity index (χ3v) is 4.35. The number of rotatable bonds is 4. The van der Waals surface area contributed by atoms with Crippen molar-refractivity contribution in [3.8, 4) is 0 Å². The van der Waals surface area contributed by atoms with Crippen molar-refractivity contribution in [2.24, 2.45) is 16.8 Å². The van der Waals surface area contributed by atoms with Crippen molar-refractivity contribution in [3.63, 3.8) is 0 Å². The fourth-order valence-electron chi connectivity index (χ4n) is 3.44. The summed E-state index contributed by atoms with van der Waals surface area (Å²) < 4.78 is 0. The minimum Gasteiger partial charge on any atom is -0.356 e. The van der Waals surface area contributed by atoms with Gasteiger partial charge in [0.05, 0.1) is 0 Å². The monoisotopic (exact) mass is 330 g/mol. The van der Waals surface area contributed by atoms with Gasteiger partial charge in [-0.2, -0.15) is 0 Å². The summed E-state index contributed by atoms with van der Waals surface area (Å²) >= 11 is 0. The van der Waals surface area contributed by atoms with Crippen molar-refractivity contribution in [2.45, 2.75) is 33.6 Å². The Bertz CT molecular complexity index is 557. The minimum absolute atomic E-state index is 0.0433. The topological polar surface area (TPSA) is 56.7 Å². The molecule has 0 saturated carbocycles. The van der Waals surface area contributed by atoms with Crippen LogP contribution in [0.1, 0.15) is 32.8 Å². The van der Waals surface area contributed by atoms with Gasteiger partial charge in [0.15, 0.2) is 5.96 Å². The number of guanidine groups is 1. The molecule has 24 heavy (non-hydrogen) atoms. The van der Waals surface area contributed by atoms with Crippen LogP contribution in [0.3, 0.4) is 0 Å². The first-order valence-corrected chi connectivity index (χ1v) is 8.80. The number of nitrogens with one attached hydrogen (secondary N) is 2. The third kappa shape index (κ3) is 5.55. The van der Waals surface area contributed by atoms with E-state index in [1.807, 2.05) is 19.2 Å². The number of anilines is 1. The Morgan fingerprint density at radius 2 is 1.83 bits per heavy atom. The smallest absolute Gasteiger partial charge is 0.221 e. The van der Waals surface area contributed by atoms with Crippen molar-refractivity contribution in [2.75, 3.05) is 32.0 Å². The fourth-order valence-corrected chi connectivity index (χ4v) is 3.44. The molecule has 5 nitrogen and oxygen atoms in total. The van der Waals surface area contributed by atoms with Gasteiger partial charge in [0.25, 0.3) is 0 Å². The van der Waals surface area contributed by atoms with Gasteiger partial charge in [-0.05, 0) is 42.4 Å². The molecule has 0 spiro atoms. The predicted octanol–water partition coefficient (Wildman–Crippen LogP) is 2.74. The van der Waals surface area contributed by atoms with Crippen molar-refractivity contribution in [1.29, 1.82) is 0 Å². The highest BCUT2D eigenvalue weighted by atomic mass is 16.1. The molecule has 1 aliphatic heterocycles. The van der Waals surface area contributed by atoms with E-state index in [0.717, 1.165) is 37.7 Å². The van der Waals surface area contributed by atoms with Crippen LogP contribution in [-0.4, -0.2) is 43.4 Å². The summed E-state index contributed by atoms with van der Waals surface area (Å²) in [6, 6.07) is 8.00. The molecule has 1 aliphatic rings. The maximum absolute atomic E-state index is 11.0. The molecule has 5 heteroatoms. The molecule has 1 amide bonds. The first-order chi connectivity index (χ1) is 11.5. The molecular formula is C19H30N4O. The van der Waals surface area contributed by atoms with Crippen LogP contribution in [0, 0.1) is 11.8 Å². The first kappa shape index (κ1) is 18.3. The van der Waals surface area contributed by atoms with Gasteiger partial charge in [0.2, 0.25) is 5.91 Å². The largest absolute Gasteiger partial charge is 0.356 e. The predicted molar refractivity (Wildman–Crippen MR) is 100 cm³/mol. The number of carbonyl (C=O) groups excluding carboxylic acids is 1. The molecule has 2 N–H and O–H groups in total. The van der Waals surface area contributed by atoms with Crippen LogP contribution < -0.4 is 10.6 Å². The van der Waals surface area contributed by atoms with Gasteiger partial charge in [0.1, 0.15) is 0 Å². The van der Waals surface area contributed by atoms with Gasteiger partial charge in [0, 0.05) is 39.3 Å². The number of amides is 1. The maximum Gasteiger partial charge on any atom is 0.221 e.